The second-order valence-electron chi connectivity index (χ2n) is 6.88. The van der Waals surface area contributed by atoms with Crippen LogP contribution in [0.5, 0.6) is 0 Å². The van der Waals surface area contributed by atoms with E-state index in [1.54, 1.807) is 0 Å². The summed E-state index contributed by atoms with van der Waals surface area (Å²) in [5.74, 6) is 0.527. The lowest BCUT2D eigenvalue weighted by Gasteiger charge is -2.36. The van der Waals surface area contributed by atoms with Crippen LogP contribution in [0.3, 0.4) is 0 Å². The first-order valence-corrected chi connectivity index (χ1v) is 8.07. The first kappa shape index (κ1) is 13.8. The summed E-state index contributed by atoms with van der Waals surface area (Å²) in [6, 6.07) is 0.920. The van der Waals surface area contributed by atoms with Gasteiger partial charge in [-0.05, 0) is 44.6 Å². The van der Waals surface area contributed by atoms with E-state index in [4.69, 9.17) is 5.73 Å². The van der Waals surface area contributed by atoms with Gasteiger partial charge >= 0.3 is 0 Å². The Morgan fingerprint density at radius 3 is 2.47 bits per heavy atom. The van der Waals surface area contributed by atoms with Gasteiger partial charge in [-0.25, -0.2) is 0 Å². The SMILES string of the molecule is NC1(CO)CCCC1CCN1CCN(C2CC2)CC1. The monoisotopic (exact) mass is 267 g/mol. The second-order valence-corrected chi connectivity index (χ2v) is 6.88. The van der Waals surface area contributed by atoms with Crippen LogP contribution in [-0.2, 0) is 0 Å². The predicted molar refractivity (Wildman–Crippen MR) is 77.0 cm³/mol. The zero-order valence-electron chi connectivity index (χ0n) is 12.1. The minimum Gasteiger partial charge on any atom is -0.394 e. The van der Waals surface area contributed by atoms with Gasteiger partial charge in [-0.1, -0.05) is 6.42 Å². The summed E-state index contributed by atoms with van der Waals surface area (Å²) >= 11 is 0. The summed E-state index contributed by atoms with van der Waals surface area (Å²) in [4.78, 5) is 5.25. The Balaban J connectivity index is 1.40. The number of nitrogens with two attached hydrogens (primary N) is 1. The molecule has 2 atom stereocenters. The molecule has 3 rings (SSSR count). The van der Waals surface area contributed by atoms with Crippen molar-refractivity contribution in [2.45, 2.75) is 50.1 Å². The van der Waals surface area contributed by atoms with Crippen molar-refractivity contribution in [3.8, 4) is 0 Å². The number of hydrogen-bond donors (Lipinski definition) is 2. The molecule has 0 spiro atoms. The van der Waals surface area contributed by atoms with Crippen LogP contribution < -0.4 is 5.73 Å². The van der Waals surface area contributed by atoms with Gasteiger partial charge in [0.15, 0.2) is 0 Å². The number of piperazine rings is 1. The number of aliphatic hydroxyl groups excluding tert-OH is 1. The lowest BCUT2D eigenvalue weighted by Crippen LogP contribution is -2.50. The van der Waals surface area contributed by atoms with E-state index >= 15 is 0 Å². The number of rotatable bonds is 5. The van der Waals surface area contributed by atoms with Crippen molar-refractivity contribution in [2.75, 3.05) is 39.3 Å². The number of hydrogen-bond acceptors (Lipinski definition) is 4. The van der Waals surface area contributed by atoms with Crippen LogP contribution in [0, 0.1) is 5.92 Å². The van der Waals surface area contributed by atoms with Crippen LogP contribution in [0.2, 0.25) is 0 Å². The standard InChI is InChI=1S/C15H29N3O/c16-15(12-19)6-1-2-13(15)5-7-17-8-10-18(11-9-17)14-3-4-14/h13-14,19H,1-12,16H2. The van der Waals surface area contributed by atoms with Crippen molar-refractivity contribution in [3.05, 3.63) is 0 Å². The van der Waals surface area contributed by atoms with E-state index < -0.39 is 0 Å². The summed E-state index contributed by atoms with van der Waals surface area (Å²) in [7, 11) is 0. The molecule has 0 radical (unpaired) electrons. The highest BCUT2D eigenvalue weighted by atomic mass is 16.3. The Morgan fingerprint density at radius 1 is 1.11 bits per heavy atom. The van der Waals surface area contributed by atoms with Crippen molar-refractivity contribution in [1.82, 2.24) is 9.80 Å². The Labute approximate surface area is 116 Å². The third-order valence-corrected chi connectivity index (χ3v) is 5.57. The summed E-state index contributed by atoms with van der Waals surface area (Å²) < 4.78 is 0. The maximum absolute atomic E-state index is 9.49. The van der Waals surface area contributed by atoms with E-state index in [-0.39, 0.29) is 12.1 Å². The quantitative estimate of drug-likeness (QED) is 0.768. The molecular weight excluding hydrogens is 238 g/mol. The zero-order chi connectivity index (χ0) is 13.3. The van der Waals surface area contributed by atoms with Gasteiger partial charge in [-0.15, -0.1) is 0 Å². The molecule has 4 nitrogen and oxygen atoms in total. The molecule has 1 heterocycles. The topological polar surface area (TPSA) is 52.7 Å². The third-order valence-electron chi connectivity index (χ3n) is 5.57. The van der Waals surface area contributed by atoms with Crippen LogP contribution in [0.15, 0.2) is 0 Å². The van der Waals surface area contributed by atoms with E-state index in [1.807, 2.05) is 0 Å². The largest absolute Gasteiger partial charge is 0.394 e. The third kappa shape index (κ3) is 3.13. The maximum atomic E-state index is 9.49. The van der Waals surface area contributed by atoms with Crippen molar-refractivity contribution < 1.29 is 5.11 Å². The van der Waals surface area contributed by atoms with Crippen molar-refractivity contribution in [1.29, 1.82) is 0 Å². The number of aliphatic hydroxyl groups is 1. The summed E-state index contributed by atoms with van der Waals surface area (Å²) in [5, 5.41) is 9.49. The molecule has 0 aromatic rings. The van der Waals surface area contributed by atoms with E-state index in [0.29, 0.717) is 5.92 Å². The minimum atomic E-state index is -0.282. The lowest BCUT2D eigenvalue weighted by atomic mass is 9.86. The van der Waals surface area contributed by atoms with Gasteiger partial charge in [0, 0.05) is 37.8 Å². The van der Waals surface area contributed by atoms with Crippen molar-refractivity contribution in [3.63, 3.8) is 0 Å². The van der Waals surface area contributed by atoms with Crippen LogP contribution in [0.1, 0.15) is 38.5 Å². The maximum Gasteiger partial charge on any atom is 0.0613 e. The molecule has 3 N–H and O–H groups in total. The van der Waals surface area contributed by atoms with Crippen molar-refractivity contribution in [2.24, 2.45) is 11.7 Å². The first-order valence-electron chi connectivity index (χ1n) is 8.07. The zero-order valence-corrected chi connectivity index (χ0v) is 12.1. The molecule has 0 bridgehead atoms. The predicted octanol–water partition coefficient (Wildman–Crippen LogP) is 0.646. The highest BCUT2D eigenvalue weighted by molar-refractivity contribution is 4.96. The molecule has 19 heavy (non-hydrogen) atoms. The van der Waals surface area contributed by atoms with Gasteiger partial charge in [0.1, 0.15) is 0 Å². The highest BCUT2D eigenvalue weighted by Crippen LogP contribution is 2.36. The molecular formula is C15H29N3O. The van der Waals surface area contributed by atoms with Crippen LogP contribution in [0.4, 0.5) is 0 Å². The molecule has 2 saturated carbocycles. The van der Waals surface area contributed by atoms with Gasteiger partial charge < -0.3 is 15.7 Å². The first-order chi connectivity index (χ1) is 9.21. The second kappa shape index (κ2) is 5.68. The lowest BCUT2D eigenvalue weighted by molar-refractivity contribution is 0.107. The molecule has 0 aromatic carbocycles. The normalized spacial score (nSPS) is 37.9. The summed E-state index contributed by atoms with van der Waals surface area (Å²) in [6.07, 6.45) is 7.42. The van der Waals surface area contributed by atoms with Gasteiger partial charge in [-0.2, -0.15) is 0 Å². The van der Waals surface area contributed by atoms with Crippen LogP contribution in [0.25, 0.3) is 0 Å². The highest BCUT2D eigenvalue weighted by Gasteiger charge is 2.39. The molecule has 3 fully saturated rings. The average Bonchev–Trinajstić information content (AvgIpc) is 3.22. The van der Waals surface area contributed by atoms with Crippen LogP contribution in [-0.4, -0.2) is 65.8 Å². The Hall–Kier alpha value is -0.160. The molecule has 110 valence electrons. The van der Waals surface area contributed by atoms with E-state index in [1.165, 1.54) is 64.8 Å². The fourth-order valence-electron chi connectivity index (χ4n) is 3.94. The Bertz CT molecular complexity index is 300. The van der Waals surface area contributed by atoms with Gasteiger partial charge in [0.05, 0.1) is 6.61 Å². The average molecular weight is 267 g/mol. The smallest absolute Gasteiger partial charge is 0.0613 e. The van der Waals surface area contributed by atoms with Gasteiger partial charge in [0.2, 0.25) is 0 Å². The molecule has 0 amide bonds. The number of nitrogens with zero attached hydrogens (tertiary/aromatic N) is 2. The Morgan fingerprint density at radius 2 is 1.84 bits per heavy atom. The van der Waals surface area contributed by atoms with Gasteiger partial charge in [0.25, 0.3) is 0 Å². The molecule has 2 unspecified atom stereocenters. The Kier molecular flexibility index (Phi) is 4.13. The van der Waals surface area contributed by atoms with Crippen molar-refractivity contribution >= 4 is 0 Å². The molecule has 1 aliphatic heterocycles. The van der Waals surface area contributed by atoms with E-state index in [2.05, 4.69) is 9.80 Å². The van der Waals surface area contributed by atoms with Gasteiger partial charge in [-0.3, -0.25) is 4.90 Å². The molecule has 4 heteroatoms. The molecule has 2 aliphatic carbocycles. The summed E-state index contributed by atoms with van der Waals surface area (Å²) in [6.45, 7) is 6.28. The fourth-order valence-corrected chi connectivity index (χ4v) is 3.94. The minimum absolute atomic E-state index is 0.160. The molecule has 3 aliphatic rings. The summed E-state index contributed by atoms with van der Waals surface area (Å²) in [5.41, 5.74) is 6.03. The molecule has 1 saturated heterocycles. The van der Waals surface area contributed by atoms with Crippen LogP contribution >= 0.6 is 0 Å². The van der Waals surface area contributed by atoms with E-state index in [0.717, 1.165) is 12.5 Å². The van der Waals surface area contributed by atoms with E-state index in [9.17, 15) is 5.11 Å². The fraction of sp³-hybridized carbons (Fsp3) is 1.00. The molecule has 0 aromatic heterocycles.